The summed E-state index contributed by atoms with van der Waals surface area (Å²) < 4.78 is 0.990. The van der Waals surface area contributed by atoms with Crippen LogP contribution in [0.5, 0.6) is 0 Å². The van der Waals surface area contributed by atoms with Crippen LogP contribution in [-0.4, -0.2) is 9.97 Å². The number of aromatic nitrogens is 2. The molecule has 0 spiro atoms. The summed E-state index contributed by atoms with van der Waals surface area (Å²) in [6.07, 6.45) is 0. The van der Waals surface area contributed by atoms with Crippen LogP contribution in [0.15, 0.2) is 46.3 Å². The highest BCUT2D eigenvalue weighted by Crippen LogP contribution is 2.35. The van der Waals surface area contributed by atoms with Gasteiger partial charge in [0.05, 0.1) is 10.4 Å². The minimum atomic E-state index is 0.357. The van der Waals surface area contributed by atoms with Crippen molar-refractivity contribution in [1.29, 1.82) is 0 Å². The number of hydrogen-bond acceptors (Lipinski definition) is 3. The van der Waals surface area contributed by atoms with Crippen molar-refractivity contribution in [3.05, 3.63) is 56.6 Å². The Morgan fingerprint density at radius 1 is 0.950 bits per heavy atom. The SMILES string of the molecule is Clc1nc(-c2cccs2)nc(Cl)c1-c1ccc(Br)cc1. The zero-order valence-electron chi connectivity index (χ0n) is 9.98. The fourth-order valence-corrected chi connectivity index (χ4v) is 3.31. The molecule has 6 heteroatoms. The highest BCUT2D eigenvalue weighted by molar-refractivity contribution is 9.10. The lowest BCUT2D eigenvalue weighted by molar-refractivity contribution is 1.19. The summed E-state index contributed by atoms with van der Waals surface area (Å²) >= 11 is 17.5. The van der Waals surface area contributed by atoms with Crippen molar-refractivity contribution in [3.8, 4) is 21.8 Å². The first-order valence-corrected chi connectivity index (χ1v) is 8.11. The van der Waals surface area contributed by atoms with Crippen LogP contribution in [0.1, 0.15) is 0 Å². The van der Waals surface area contributed by atoms with E-state index in [4.69, 9.17) is 23.2 Å². The molecular formula is C14H7BrCl2N2S. The van der Waals surface area contributed by atoms with Crippen molar-refractivity contribution in [2.24, 2.45) is 0 Å². The maximum absolute atomic E-state index is 6.28. The second kappa shape index (κ2) is 5.82. The largest absolute Gasteiger partial charge is 0.215 e. The molecule has 0 bridgehead atoms. The Labute approximate surface area is 138 Å². The summed E-state index contributed by atoms with van der Waals surface area (Å²) in [4.78, 5) is 9.63. The molecule has 1 aromatic carbocycles. The van der Waals surface area contributed by atoms with E-state index in [1.807, 2.05) is 41.8 Å². The van der Waals surface area contributed by atoms with Gasteiger partial charge in [0.15, 0.2) is 5.82 Å². The maximum Gasteiger partial charge on any atom is 0.172 e. The smallest absolute Gasteiger partial charge is 0.172 e. The fourth-order valence-electron chi connectivity index (χ4n) is 1.78. The number of hydrogen-bond donors (Lipinski definition) is 0. The van der Waals surface area contributed by atoms with Crippen LogP contribution in [0.2, 0.25) is 10.3 Å². The van der Waals surface area contributed by atoms with Gasteiger partial charge >= 0.3 is 0 Å². The summed E-state index contributed by atoms with van der Waals surface area (Å²) in [5.41, 5.74) is 1.54. The van der Waals surface area contributed by atoms with Gasteiger partial charge in [0.1, 0.15) is 10.3 Å². The van der Waals surface area contributed by atoms with Gasteiger partial charge < -0.3 is 0 Å². The van der Waals surface area contributed by atoms with Crippen molar-refractivity contribution >= 4 is 50.5 Å². The highest BCUT2D eigenvalue weighted by Gasteiger charge is 2.15. The molecule has 0 N–H and O–H groups in total. The fraction of sp³-hybridized carbons (Fsp3) is 0. The molecule has 2 aromatic heterocycles. The lowest BCUT2D eigenvalue weighted by Gasteiger charge is -2.08. The molecule has 0 unspecified atom stereocenters. The van der Waals surface area contributed by atoms with Gasteiger partial charge in [-0.25, -0.2) is 9.97 Å². The first-order chi connectivity index (χ1) is 9.65. The molecule has 20 heavy (non-hydrogen) atoms. The number of benzene rings is 1. The molecule has 0 aliphatic rings. The quantitative estimate of drug-likeness (QED) is 0.510. The van der Waals surface area contributed by atoms with Crippen molar-refractivity contribution in [2.75, 3.05) is 0 Å². The second-order valence-corrected chi connectivity index (χ2v) is 6.57. The predicted octanol–water partition coefficient (Wildman–Crippen LogP) is 5.94. The Morgan fingerprint density at radius 3 is 2.15 bits per heavy atom. The summed E-state index contributed by atoms with van der Waals surface area (Å²) in [6, 6.07) is 11.6. The van der Waals surface area contributed by atoms with E-state index in [-0.39, 0.29) is 0 Å². The first-order valence-electron chi connectivity index (χ1n) is 5.68. The third-order valence-corrected chi connectivity index (χ3v) is 4.64. The van der Waals surface area contributed by atoms with Crippen LogP contribution >= 0.6 is 50.5 Å². The molecule has 0 saturated heterocycles. The van der Waals surface area contributed by atoms with E-state index in [1.54, 1.807) is 11.3 Å². The summed E-state index contributed by atoms with van der Waals surface area (Å²) in [5, 5.41) is 2.68. The van der Waals surface area contributed by atoms with E-state index in [9.17, 15) is 0 Å². The molecule has 0 saturated carbocycles. The topological polar surface area (TPSA) is 25.8 Å². The van der Waals surface area contributed by atoms with Crippen LogP contribution < -0.4 is 0 Å². The molecule has 0 atom stereocenters. The van der Waals surface area contributed by atoms with Crippen molar-refractivity contribution in [3.63, 3.8) is 0 Å². The summed E-state index contributed by atoms with van der Waals surface area (Å²) in [7, 11) is 0. The second-order valence-electron chi connectivity index (χ2n) is 3.99. The van der Waals surface area contributed by atoms with E-state index in [2.05, 4.69) is 25.9 Å². The van der Waals surface area contributed by atoms with Gasteiger partial charge in [0.25, 0.3) is 0 Å². The van der Waals surface area contributed by atoms with Crippen molar-refractivity contribution < 1.29 is 0 Å². The van der Waals surface area contributed by atoms with Gasteiger partial charge in [-0.2, -0.15) is 0 Å². The average Bonchev–Trinajstić information content (AvgIpc) is 2.94. The molecule has 2 nitrogen and oxygen atoms in total. The number of halogens is 3. The molecule has 0 aliphatic carbocycles. The minimum Gasteiger partial charge on any atom is -0.215 e. The Kier molecular flexibility index (Phi) is 4.08. The van der Waals surface area contributed by atoms with Gasteiger partial charge in [0.2, 0.25) is 0 Å². The van der Waals surface area contributed by atoms with E-state index in [0.717, 1.165) is 14.9 Å². The van der Waals surface area contributed by atoms with Crippen molar-refractivity contribution in [1.82, 2.24) is 9.97 Å². The molecule has 100 valence electrons. The van der Waals surface area contributed by atoms with E-state index in [0.29, 0.717) is 21.7 Å². The van der Waals surface area contributed by atoms with Crippen LogP contribution in [0.3, 0.4) is 0 Å². The van der Waals surface area contributed by atoms with Crippen LogP contribution in [0, 0.1) is 0 Å². The highest BCUT2D eigenvalue weighted by atomic mass is 79.9. The zero-order valence-corrected chi connectivity index (χ0v) is 13.9. The molecule has 0 aliphatic heterocycles. The first kappa shape index (κ1) is 14.0. The molecule has 2 heterocycles. The molecule has 0 fully saturated rings. The lowest BCUT2D eigenvalue weighted by Crippen LogP contribution is -1.93. The maximum atomic E-state index is 6.28. The predicted molar refractivity (Wildman–Crippen MR) is 88.5 cm³/mol. The van der Waals surface area contributed by atoms with Crippen LogP contribution in [-0.2, 0) is 0 Å². The van der Waals surface area contributed by atoms with E-state index < -0.39 is 0 Å². The van der Waals surface area contributed by atoms with Crippen molar-refractivity contribution in [2.45, 2.75) is 0 Å². The molecular weight excluding hydrogens is 379 g/mol. The van der Waals surface area contributed by atoms with Crippen LogP contribution in [0.25, 0.3) is 21.8 Å². The number of nitrogens with zero attached hydrogens (tertiary/aromatic N) is 2. The monoisotopic (exact) mass is 384 g/mol. The Morgan fingerprint density at radius 2 is 1.60 bits per heavy atom. The summed E-state index contributed by atoms with van der Waals surface area (Å²) in [6.45, 7) is 0. The third-order valence-electron chi connectivity index (χ3n) is 2.70. The number of rotatable bonds is 2. The standard InChI is InChI=1S/C14H7BrCl2N2S/c15-9-5-3-8(4-6-9)11-12(16)18-14(19-13(11)17)10-2-1-7-20-10/h1-7H. The Bertz CT molecular complexity index is 719. The van der Waals surface area contributed by atoms with E-state index in [1.165, 1.54) is 0 Å². The summed E-state index contributed by atoms with van der Waals surface area (Å²) in [5.74, 6) is 0.552. The molecule has 3 rings (SSSR count). The number of thiophene rings is 1. The Balaban J connectivity index is 2.11. The molecule has 3 aromatic rings. The lowest BCUT2D eigenvalue weighted by atomic mass is 10.1. The van der Waals surface area contributed by atoms with Gasteiger partial charge in [-0.3, -0.25) is 0 Å². The average molecular weight is 386 g/mol. The normalized spacial score (nSPS) is 10.8. The van der Waals surface area contributed by atoms with Gasteiger partial charge in [-0.05, 0) is 29.1 Å². The molecule has 0 radical (unpaired) electrons. The van der Waals surface area contributed by atoms with Gasteiger partial charge in [0, 0.05) is 4.47 Å². The van der Waals surface area contributed by atoms with Crippen LogP contribution in [0.4, 0.5) is 0 Å². The van der Waals surface area contributed by atoms with E-state index >= 15 is 0 Å². The van der Waals surface area contributed by atoms with Gasteiger partial charge in [-0.1, -0.05) is 57.3 Å². The Hall–Kier alpha value is -0.940. The molecule has 0 amide bonds. The minimum absolute atomic E-state index is 0.357. The zero-order chi connectivity index (χ0) is 14.1. The third kappa shape index (κ3) is 2.74. The van der Waals surface area contributed by atoms with Gasteiger partial charge in [-0.15, -0.1) is 11.3 Å².